The molecule has 1 heterocycles. The molecule has 0 unspecified atom stereocenters. The van der Waals surface area contributed by atoms with Crippen LogP contribution in [0, 0.1) is 0 Å². The first-order chi connectivity index (χ1) is 13.9. The zero-order valence-corrected chi connectivity index (χ0v) is 18.7. The average molecular weight is 398 g/mol. The second-order valence-electron chi connectivity index (χ2n) is 9.71. The third-order valence-corrected chi connectivity index (χ3v) is 6.21. The molecule has 0 radical (unpaired) electrons. The van der Waals surface area contributed by atoms with Crippen LogP contribution < -0.4 is 5.32 Å². The van der Waals surface area contributed by atoms with Crippen LogP contribution in [0.15, 0.2) is 35.9 Å². The Bertz CT molecular complexity index is 679. The lowest BCUT2D eigenvalue weighted by molar-refractivity contribution is -0.122. The first kappa shape index (κ1) is 22.0. The summed E-state index contributed by atoms with van der Waals surface area (Å²) in [5.41, 5.74) is 4.50. The van der Waals surface area contributed by atoms with Crippen LogP contribution in [0.5, 0.6) is 0 Å². The van der Waals surface area contributed by atoms with E-state index in [0.29, 0.717) is 6.54 Å². The smallest absolute Gasteiger partial charge is 0.234 e. The van der Waals surface area contributed by atoms with E-state index in [4.69, 9.17) is 0 Å². The Morgan fingerprint density at radius 2 is 1.69 bits per heavy atom. The molecule has 1 aromatic carbocycles. The zero-order valence-electron chi connectivity index (χ0n) is 18.7. The average Bonchev–Trinajstić information content (AvgIpc) is 2.70. The molecule has 1 aromatic rings. The Hall–Kier alpha value is -1.65. The van der Waals surface area contributed by atoms with Crippen LogP contribution in [0.4, 0.5) is 0 Å². The van der Waals surface area contributed by atoms with Crippen molar-refractivity contribution in [2.45, 2.75) is 64.8 Å². The van der Waals surface area contributed by atoms with Crippen molar-refractivity contribution >= 4 is 5.91 Å². The van der Waals surface area contributed by atoms with Gasteiger partial charge in [0.05, 0.1) is 6.54 Å². The van der Waals surface area contributed by atoms with Gasteiger partial charge in [0.25, 0.3) is 0 Å². The molecule has 0 spiro atoms. The van der Waals surface area contributed by atoms with E-state index in [1.807, 2.05) is 0 Å². The molecule has 1 N–H and O–H groups in total. The second kappa shape index (κ2) is 10.4. The van der Waals surface area contributed by atoms with Crippen molar-refractivity contribution in [2.24, 2.45) is 0 Å². The van der Waals surface area contributed by atoms with E-state index in [2.05, 4.69) is 66.2 Å². The molecule has 1 aliphatic heterocycles. The molecule has 1 amide bonds. The number of amides is 1. The van der Waals surface area contributed by atoms with E-state index in [1.54, 1.807) is 0 Å². The van der Waals surface area contributed by atoms with Gasteiger partial charge in [-0.3, -0.25) is 14.6 Å². The fraction of sp³-hybridized carbons (Fsp3) is 0.640. The van der Waals surface area contributed by atoms with Crippen molar-refractivity contribution in [1.82, 2.24) is 15.1 Å². The molecule has 29 heavy (non-hydrogen) atoms. The highest BCUT2D eigenvalue weighted by Gasteiger charge is 2.19. The quantitative estimate of drug-likeness (QED) is 0.704. The van der Waals surface area contributed by atoms with Gasteiger partial charge in [-0.1, -0.05) is 56.7 Å². The molecule has 3 rings (SSSR count). The summed E-state index contributed by atoms with van der Waals surface area (Å²) in [6.45, 7) is 13.1. The Balaban J connectivity index is 1.33. The maximum atomic E-state index is 12.3. The van der Waals surface area contributed by atoms with E-state index in [9.17, 15) is 4.79 Å². The fourth-order valence-corrected chi connectivity index (χ4v) is 4.23. The summed E-state index contributed by atoms with van der Waals surface area (Å²) >= 11 is 0. The standard InChI is InChI=1S/C25H39N3O/c1-25(2,3)23-11-9-22(10-12-23)19-27-15-17-28(18-16-27)20-24(29)26-14-13-21-7-5-4-6-8-21/h7,9-12H,4-6,8,13-20H2,1-3H3,(H,26,29). The minimum absolute atomic E-state index is 0.174. The number of allylic oxidation sites excluding steroid dienone is 1. The van der Waals surface area contributed by atoms with Crippen LogP contribution in [-0.2, 0) is 16.8 Å². The van der Waals surface area contributed by atoms with Gasteiger partial charge in [-0.2, -0.15) is 0 Å². The number of carbonyl (C=O) groups excluding carboxylic acids is 1. The van der Waals surface area contributed by atoms with Gasteiger partial charge in [0, 0.05) is 39.3 Å². The number of piperazine rings is 1. The van der Waals surface area contributed by atoms with Crippen molar-refractivity contribution < 1.29 is 4.79 Å². The Morgan fingerprint density at radius 1 is 1.00 bits per heavy atom. The van der Waals surface area contributed by atoms with Crippen molar-refractivity contribution in [1.29, 1.82) is 0 Å². The Kier molecular flexibility index (Phi) is 7.91. The zero-order chi connectivity index (χ0) is 20.7. The van der Waals surface area contributed by atoms with Crippen molar-refractivity contribution in [3.8, 4) is 0 Å². The molecule has 0 bridgehead atoms. The summed E-state index contributed by atoms with van der Waals surface area (Å²) in [6.07, 6.45) is 8.46. The summed E-state index contributed by atoms with van der Waals surface area (Å²) < 4.78 is 0. The van der Waals surface area contributed by atoms with Gasteiger partial charge in [-0.05, 0) is 48.6 Å². The monoisotopic (exact) mass is 397 g/mol. The van der Waals surface area contributed by atoms with Gasteiger partial charge >= 0.3 is 0 Å². The number of carbonyl (C=O) groups is 1. The first-order valence-electron chi connectivity index (χ1n) is 11.4. The summed E-state index contributed by atoms with van der Waals surface area (Å²) in [5, 5.41) is 3.11. The third kappa shape index (κ3) is 7.27. The topological polar surface area (TPSA) is 35.6 Å². The molecule has 0 atom stereocenters. The molecule has 0 saturated carbocycles. The molecule has 0 aromatic heterocycles. The second-order valence-corrected chi connectivity index (χ2v) is 9.71. The highest BCUT2D eigenvalue weighted by atomic mass is 16.2. The lowest BCUT2D eigenvalue weighted by Crippen LogP contribution is -2.49. The van der Waals surface area contributed by atoms with Crippen LogP contribution in [0.25, 0.3) is 0 Å². The van der Waals surface area contributed by atoms with Crippen LogP contribution in [0.3, 0.4) is 0 Å². The SMILES string of the molecule is CC(C)(C)c1ccc(CN2CCN(CC(=O)NCCC3=CCCCC3)CC2)cc1. The largest absolute Gasteiger partial charge is 0.355 e. The number of rotatable bonds is 7. The molecule has 1 aliphatic carbocycles. The fourth-order valence-electron chi connectivity index (χ4n) is 4.23. The van der Waals surface area contributed by atoms with Crippen LogP contribution in [-0.4, -0.2) is 55.0 Å². The number of benzene rings is 1. The number of nitrogens with one attached hydrogen (secondary N) is 1. The molecule has 160 valence electrons. The predicted octanol–water partition coefficient (Wildman–Crippen LogP) is 4.11. The molecule has 4 heteroatoms. The van der Waals surface area contributed by atoms with Crippen molar-refractivity contribution in [3.05, 3.63) is 47.0 Å². The predicted molar refractivity (Wildman–Crippen MR) is 121 cm³/mol. The van der Waals surface area contributed by atoms with Crippen LogP contribution >= 0.6 is 0 Å². The summed E-state index contributed by atoms with van der Waals surface area (Å²) in [5.74, 6) is 0.174. The van der Waals surface area contributed by atoms with E-state index in [0.717, 1.165) is 45.7 Å². The first-order valence-corrected chi connectivity index (χ1v) is 11.4. The maximum Gasteiger partial charge on any atom is 0.234 e. The number of hydrogen-bond donors (Lipinski definition) is 1. The van der Waals surface area contributed by atoms with E-state index in [1.165, 1.54) is 42.4 Å². The van der Waals surface area contributed by atoms with Gasteiger partial charge in [0.15, 0.2) is 0 Å². The van der Waals surface area contributed by atoms with Crippen LogP contribution in [0.2, 0.25) is 0 Å². The molecular weight excluding hydrogens is 358 g/mol. The van der Waals surface area contributed by atoms with Gasteiger partial charge in [0.1, 0.15) is 0 Å². The maximum absolute atomic E-state index is 12.3. The number of nitrogens with zero attached hydrogens (tertiary/aromatic N) is 2. The summed E-state index contributed by atoms with van der Waals surface area (Å²) in [4.78, 5) is 17.0. The van der Waals surface area contributed by atoms with E-state index in [-0.39, 0.29) is 11.3 Å². The summed E-state index contributed by atoms with van der Waals surface area (Å²) in [6, 6.07) is 9.06. The Labute approximate surface area is 177 Å². The Morgan fingerprint density at radius 3 is 2.31 bits per heavy atom. The molecule has 2 aliphatic rings. The molecule has 1 fully saturated rings. The summed E-state index contributed by atoms with van der Waals surface area (Å²) in [7, 11) is 0. The van der Waals surface area contributed by atoms with E-state index >= 15 is 0 Å². The molecular formula is C25H39N3O. The molecule has 4 nitrogen and oxygen atoms in total. The van der Waals surface area contributed by atoms with E-state index < -0.39 is 0 Å². The van der Waals surface area contributed by atoms with Gasteiger partial charge < -0.3 is 5.32 Å². The van der Waals surface area contributed by atoms with Crippen molar-refractivity contribution in [2.75, 3.05) is 39.3 Å². The normalized spacial score (nSPS) is 19.1. The lowest BCUT2D eigenvalue weighted by atomic mass is 9.87. The van der Waals surface area contributed by atoms with Gasteiger partial charge in [-0.15, -0.1) is 0 Å². The van der Waals surface area contributed by atoms with Crippen LogP contribution in [0.1, 0.15) is 64.0 Å². The van der Waals surface area contributed by atoms with Gasteiger partial charge in [0.2, 0.25) is 5.91 Å². The highest BCUT2D eigenvalue weighted by molar-refractivity contribution is 5.78. The lowest BCUT2D eigenvalue weighted by Gasteiger charge is -2.34. The number of hydrogen-bond acceptors (Lipinski definition) is 3. The minimum atomic E-state index is 0.174. The van der Waals surface area contributed by atoms with Crippen molar-refractivity contribution in [3.63, 3.8) is 0 Å². The third-order valence-electron chi connectivity index (χ3n) is 6.21. The van der Waals surface area contributed by atoms with Gasteiger partial charge in [-0.25, -0.2) is 0 Å². The molecule has 1 saturated heterocycles. The highest BCUT2D eigenvalue weighted by Crippen LogP contribution is 2.23. The minimum Gasteiger partial charge on any atom is -0.355 e.